The van der Waals surface area contributed by atoms with Crippen molar-refractivity contribution in [1.82, 2.24) is 9.88 Å². The van der Waals surface area contributed by atoms with E-state index in [0.717, 1.165) is 19.6 Å². The molecular weight excluding hydrogens is 270 g/mol. The average Bonchev–Trinajstić information content (AvgIpc) is 2.67. The molecule has 1 saturated heterocycles. The van der Waals surface area contributed by atoms with Crippen molar-refractivity contribution in [3.63, 3.8) is 0 Å². The van der Waals surface area contributed by atoms with Crippen LogP contribution in [0.25, 0.3) is 0 Å². The third kappa shape index (κ3) is 8.14. The average molecular weight is 295 g/mol. The van der Waals surface area contributed by atoms with Crippen LogP contribution in [0.5, 0.6) is 0 Å². The summed E-state index contributed by atoms with van der Waals surface area (Å²) in [5.41, 5.74) is 5.59. The maximum absolute atomic E-state index is 11.6. The summed E-state index contributed by atoms with van der Waals surface area (Å²) < 4.78 is 10.5. The molecule has 6 heteroatoms. The van der Waals surface area contributed by atoms with E-state index >= 15 is 0 Å². The first-order valence-electron chi connectivity index (χ1n) is 7.09. The first-order valence-corrected chi connectivity index (χ1v) is 7.09. The molecule has 0 atom stereocenters. The molecule has 2 rings (SSSR count). The summed E-state index contributed by atoms with van der Waals surface area (Å²) >= 11 is 0. The fraction of sp³-hybridized carbons (Fsp3) is 0.600. The Morgan fingerprint density at radius 2 is 2.14 bits per heavy atom. The lowest BCUT2D eigenvalue weighted by atomic mass is 10.2. The van der Waals surface area contributed by atoms with Crippen LogP contribution in [0.3, 0.4) is 0 Å². The van der Waals surface area contributed by atoms with Gasteiger partial charge in [0.15, 0.2) is 0 Å². The lowest BCUT2D eigenvalue weighted by Crippen LogP contribution is -2.38. The van der Waals surface area contributed by atoms with Crippen LogP contribution >= 0.6 is 0 Å². The van der Waals surface area contributed by atoms with Crippen molar-refractivity contribution in [3.05, 3.63) is 24.5 Å². The Balaban J connectivity index is 0.000000262. The van der Waals surface area contributed by atoms with E-state index < -0.39 is 5.60 Å². The summed E-state index contributed by atoms with van der Waals surface area (Å²) in [6, 6.07) is 3.60. The summed E-state index contributed by atoms with van der Waals surface area (Å²) in [6.07, 6.45) is 3.96. The van der Waals surface area contributed by atoms with Gasteiger partial charge in [0.2, 0.25) is 0 Å². The second kappa shape index (κ2) is 8.46. The zero-order valence-electron chi connectivity index (χ0n) is 13.0. The van der Waals surface area contributed by atoms with Gasteiger partial charge >= 0.3 is 6.09 Å². The van der Waals surface area contributed by atoms with Gasteiger partial charge in [-0.3, -0.25) is 4.98 Å². The van der Waals surface area contributed by atoms with Gasteiger partial charge in [0.25, 0.3) is 0 Å². The molecule has 1 aromatic heterocycles. The van der Waals surface area contributed by atoms with Crippen LogP contribution in [-0.4, -0.2) is 47.9 Å². The van der Waals surface area contributed by atoms with Crippen molar-refractivity contribution in [2.45, 2.75) is 32.8 Å². The molecule has 1 aliphatic rings. The van der Waals surface area contributed by atoms with E-state index in [0.29, 0.717) is 18.8 Å². The molecule has 2 heterocycles. The summed E-state index contributed by atoms with van der Waals surface area (Å²) in [5, 5.41) is 0. The number of nitrogen functional groups attached to an aromatic ring is 1. The zero-order valence-corrected chi connectivity index (χ0v) is 13.0. The van der Waals surface area contributed by atoms with Crippen LogP contribution in [0.15, 0.2) is 24.5 Å². The Kier molecular flexibility index (Phi) is 6.94. The second-order valence-electron chi connectivity index (χ2n) is 5.72. The van der Waals surface area contributed by atoms with E-state index in [1.807, 2.05) is 20.8 Å². The Hall–Kier alpha value is -1.82. The number of ether oxygens (including phenoxy) is 2. The third-order valence-corrected chi connectivity index (χ3v) is 2.56. The number of rotatable bonds is 0. The molecule has 0 saturated carbocycles. The Bertz CT molecular complexity index is 410. The van der Waals surface area contributed by atoms with Crippen molar-refractivity contribution in [2.24, 2.45) is 0 Å². The van der Waals surface area contributed by atoms with Crippen molar-refractivity contribution >= 4 is 11.8 Å². The Morgan fingerprint density at radius 3 is 2.67 bits per heavy atom. The van der Waals surface area contributed by atoms with Crippen molar-refractivity contribution in [3.8, 4) is 0 Å². The summed E-state index contributed by atoms with van der Waals surface area (Å²) in [5.74, 6) is 0. The van der Waals surface area contributed by atoms with E-state index in [1.165, 1.54) is 0 Å². The SMILES string of the molecule is CC(C)(C)OC(=O)N1CCCOCC1.Nc1cccnc1. The monoisotopic (exact) mass is 295 g/mol. The molecule has 1 aromatic rings. The number of nitrogens with two attached hydrogens (primary N) is 1. The van der Waals surface area contributed by atoms with E-state index in [9.17, 15) is 4.79 Å². The fourth-order valence-corrected chi connectivity index (χ4v) is 1.63. The van der Waals surface area contributed by atoms with Crippen LogP contribution in [0.4, 0.5) is 10.5 Å². The highest BCUT2D eigenvalue weighted by Gasteiger charge is 2.22. The van der Waals surface area contributed by atoms with Gasteiger partial charge < -0.3 is 20.1 Å². The molecular formula is C15H25N3O3. The van der Waals surface area contributed by atoms with Gasteiger partial charge in [-0.05, 0) is 39.3 Å². The van der Waals surface area contributed by atoms with Gasteiger partial charge in [0, 0.05) is 32.1 Å². The molecule has 1 aliphatic heterocycles. The first kappa shape index (κ1) is 17.2. The van der Waals surface area contributed by atoms with Crippen molar-refractivity contribution < 1.29 is 14.3 Å². The minimum absolute atomic E-state index is 0.233. The summed E-state index contributed by atoms with van der Waals surface area (Å²) in [4.78, 5) is 17.1. The van der Waals surface area contributed by atoms with Crippen LogP contribution in [0.1, 0.15) is 27.2 Å². The minimum atomic E-state index is -0.412. The number of aromatic nitrogens is 1. The molecule has 6 nitrogen and oxygen atoms in total. The molecule has 1 amide bonds. The largest absolute Gasteiger partial charge is 0.444 e. The van der Waals surface area contributed by atoms with Gasteiger partial charge in [0.1, 0.15) is 5.60 Å². The van der Waals surface area contributed by atoms with E-state index in [-0.39, 0.29) is 6.09 Å². The van der Waals surface area contributed by atoms with E-state index in [1.54, 1.807) is 29.4 Å². The summed E-state index contributed by atoms with van der Waals surface area (Å²) in [7, 11) is 0. The highest BCUT2D eigenvalue weighted by atomic mass is 16.6. The predicted octanol–water partition coefficient (Wildman–Crippen LogP) is 2.31. The van der Waals surface area contributed by atoms with Crippen LogP contribution in [-0.2, 0) is 9.47 Å². The fourth-order valence-electron chi connectivity index (χ4n) is 1.63. The number of pyridine rings is 1. The topological polar surface area (TPSA) is 77.7 Å². The van der Waals surface area contributed by atoms with Gasteiger partial charge in [-0.2, -0.15) is 0 Å². The Labute approximate surface area is 126 Å². The number of hydrogen-bond donors (Lipinski definition) is 1. The van der Waals surface area contributed by atoms with E-state index in [4.69, 9.17) is 15.2 Å². The molecule has 118 valence electrons. The van der Waals surface area contributed by atoms with Crippen LogP contribution in [0.2, 0.25) is 0 Å². The van der Waals surface area contributed by atoms with Crippen LogP contribution < -0.4 is 5.73 Å². The van der Waals surface area contributed by atoms with Crippen molar-refractivity contribution in [1.29, 1.82) is 0 Å². The normalized spacial score (nSPS) is 15.5. The first-order chi connectivity index (χ1) is 9.88. The molecule has 21 heavy (non-hydrogen) atoms. The van der Waals surface area contributed by atoms with Gasteiger partial charge in [-0.1, -0.05) is 0 Å². The predicted molar refractivity (Wildman–Crippen MR) is 81.9 cm³/mol. The molecule has 0 spiro atoms. The molecule has 0 aromatic carbocycles. The summed E-state index contributed by atoms with van der Waals surface area (Å²) in [6.45, 7) is 8.33. The zero-order chi connectivity index (χ0) is 15.7. The van der Waals surface area contributed by atoms with Gasteiger partial charge in [-0.25, -0.2) is 4.79 Å². The molecule has 1 fully saturated rings. The lowest BCUT2D eigenvalue weighted by molar-refractivity contribution is 0.0244. The highest BCUT2D eigenvalue weighted by molar-refractivity contribution is 5.68. The molecule has 0 aliphatic carbocycles. The third-order valence-electron chi connectivity index (χ3n) is 2.56. The molecule has 2 N–H and O–H groups in total. The van der Waals surface area contributed by atoms with E-state index in [2.05, 4.69) is 4.98 Å². The number of carbonyl (C=O) groups excluding carboxylic acids is 1. The number of nitrogens with zero attached hydrogens (tertiary/aromatic N) is 2. The van der Waals surface area contributed by atoms with Gasteiger partial charge in [0.05, 0.1) is 12.3 Å². The maximum atomic E-state index is 11.6. The Morgan fingerprint density at radius 1 is 1.38 bits per heavy atom. The maximum Gasteiger partial charge on any atom is 0.410 e. The van der Waals surface area contributed by atoms with Crippen molar-refractivity contribution in [2.75, 3.05) is 32.0 Å². The smallest absolute Gasteiger partial charge is 0.410 e. The number of anilines is 1. The number of amides is 1. The molecule has 0 unspecified atom stereocenters. The lowest BCUT2D eigenvalue weighted by Gasteiger charge is -2.25. The number of hydrogen-bond acceptors (Lipinski definition) is 5. The molecule has 0 radical (unpaired) electrons. The van der Waals surface area contributed by atoms with Gasteiger partial charge in [-0.15, -0.1) is 0 Å². The van der Waals surface area contributed by atoms with Crippen LogP contribution in [0, 0.1) is 0 Å². The standard InChI is InChI=1S/C10H19NO3.C5H6N2/c1-10(2,3)14-9(12)11-5-4-7-13-8-6-11;6-5-2-1-3-7-4-5/h4-8H2,1-3H3;1-4H,6H2. The highest BCUT2D eigenvalue weighted by Crippen LogP contribution is 2.11. The second-order valence-corrected chi connectivity index (χ2v) is 5.72. The minimum Gasteiger partial charge on any atom is -0.444 e. The quantitative estimate of drug-likeness (QED) is 0.794. The number of carbonyl (C=O) groups is 1. The molecule has 0 bridgehead atoms.